The van der Waals surface area contributed by atoms with Gasteiger partial charge in [0.2, 0.25) is 0 Å². The molecule has 0 unspecified atom stereocenters. The van der Waals surface area contributed by atoms with Crippen LogP contribution in [0.15, 0.2) is 57.5 Å². The lowest BCUT2D eigenvalue weighted by Gasteiger charge is -2.20. The van der Waals surface area contributed by atoms with Crippen molar-refractivity contribution in [1.29, 1.82) is 0 Å². The highest BCUT2D eigenvalue weighted by atomic mass is 16.5. The van der Waals surface area contributed by atoms with Crippen LogP contribution in [-0.2, 0) is 6.54 Å². The molecule has 0 radical (unpaired) electrons. The number of carbonyl (C=O) groups is 1. The van der Waals surface area contributed by atoms with Gasteiger partial charge in [-0.25, -0.2) is 0 Å². The van der Waals surface area contributed by atoms with E-state index in [1.165, 1.54) is 0 Å². The number of nitrogens with zero attached hydrogens (tertiary/aromatic N) is 3. The molecule has 27 heavy (non-hydrogen) atoms. The summed E-state index contributed by atoms with van der Waals surface area (Å²) in [5, 5.41) is 3.99. The highest BCUT2D eigenvalue weighted by Gasteiger charge is 2.23. The van der Waals surface area contributed by atoms with E-state index >= 15 is 0 Å². The second-order valence-electron chi connectivity index (χ2n) is 6.88. The maximum absolute atomic E-state index is 12.8. The molecule has 140 valence electrons. The number of hydrogen-bond donors (Lipinski definition) is 0. The number of amides is 1. The van der Waals surface area contributed by atoms with E-state index in [1.54, 1.807) is 6.07 Å². The molecule has 0 saturated carbocycles. The molecule has 3 aromatic rings. The van der Waals surface area contributed by atoms with E-state index in [0.29, 0.717) is 18.0 Å². The van der Waals surface area contributed by atoms with Crippen LogP contribution in [0.2, 0.25) is 0 Å². The average molecular weight is 365 g/mol. The van der Waals surface area contributed by atoms with Gasteiger partial charge in [0.1, 0.15) is 11.5 Å². The van der Waals surface area contributed by atoms with Gasteiger partial charge in [0.05, 0.1) is 6.54 Å². The van der Waals surface area contributed by atoms with Crippen LogP contribution >= 0.6 is 0 Å². The second-order valence-corrected chi connectivity index (χ2v) is 6.88. The summed E-state index contributed by atoms with van der Waals surface area (Å²) in [5.74, 6) is 2.44. The molecule has 0 spiro atoms. The Labute approximate surface area is 158 Å². The van der Waals surface area contributed by atoms with Crippen molar-refractivity contribution < 1.29 is 13.7 Å². The Kier molecular flexibility index (Phi) is 5.07. The summed E-state index contributed by atoms with van der Waals surface area (Å²) in [6.07, 6.45) is 0.925. The molecule has 4 rings (SSSR count). The number of benzene rings is 1. The van der Waals surface area contributed by atoms with Crippen molar-refractivity contribution in [3.05, 3.63) is 65.7 Å². The summed E-state index contributed by atoms with van der Waals surface area (Å²) in [6.45, 7) is 5.88. The predicted octanol–water partition coefficient (Wildman–Crippen LogP) is 3.59. The van der Waals surface area contributed by atoms with Crippen molar-refractivity contribution in [3.8, 4) is 11.3 Å². The molecule has 0 N–H and O–H groups in total. The van der Waals surface area contributed by atoms with E-state index in [9.17, 15) is 4.79 Å². The minimum atomic E-state index is -0.0726. The molecule has 0 atom stereocenters. The van der Waals surface area contributed by atoms with Crippen molar-refractivity contribution in [3.63, 3.8) is 0 Å². The Morgan fingerprint density at radius 3 is 2.70 bits per heavy atom. The molecule has 3 heterocycles. The molecule has 1 aliphatic heterocycles. The maximum Gasteiger partial charge on any atom is 0.276 e. The molecule has 1 aromatic carbocycles. The van der Waals surface area contributed by atoms with Gasteiger partial charge in [-0.2, -0.15) is 0 Å². The standard InChI is InChI=1S/C21H23N3O3/c1-16-8-9-18(26-16)15-23-10-5-11-24(13-12-23)21(25)19-14-20(27-22-19)17-6-3-2-4-7-17/h2-4,6-9,14H,5,10-13,15H2,1H3. The van der Waals surface area contributed by atoms with Crippen LogP contribution in [0.3, 0.4) is 0 Å². The van der Waals surface area contributed by atoms with Crippen molar-refractivity contribution in [2.24, 2.45) is 0 Å². The molecule has 6 heteroatoms. The third-order valence-electron chi connectivity index (χ3n) is 4.84. The monoisotopic (exact) mass is 365 g/mol. The highest BCUT2D eigenvalue weighted by molar-refractivity contribution is 5.93. The summed E-state index contributed by atoms with van der Waals surface area (Å²) >= 11 is 0. The number of hydrogen-bond acceptors (Lipinski definition) is 5. The molecule has 0 aliphatic carbocycles. The van der Waals surface area contributed by atoms with Crippen LogP contribution in [0.4, 0.5) is 0 Å². The third-order valence-corrected chi connectivity index (χ3v) is 4.84. The first kappa shape index (κ1) is 17.5. The highest BCUT2D eigenvalue weighted by Crippen LogP contribution is 2.21. The van der Waals surface area contributed by atoms with Gasteiger partial charge in [-0.3, -0.25) is 9.69 Å². The lowest BCUT2D eigenvalue weighted by molar-refractivity contribution is 0.0750. The first-order valence-corrected chi connectivity index (χ1v) is 9.28. The van der Waals surface area contributed by atoms with Crippen molar-refractivity contribution in [2.75, 3.05) is 26.2 Å². The number of aryl methyl sites for hydroxylation is 1. The lowest BCUT2D eigenvalue weighted by Crippen LogP contribution is -2.35. The Morgan fingerprint density at radius 2 is 1.93 bits per heavy atom. The Morgan fingerprint density at radius 1 is 1.07 bits per heavy atom. The van der Waals surface area contributed by atoms with Crippen LogP contribution in [0.1, 0.15) is 28.4 Å². The van der Waals surface area contributed by atoms with Gasteiger partial charge in [0.15, 0.2) is 11.5 Å². The zero-order chi connectivity index (χ0) is 18.6. The first-order chi connectivity index (χ1) is 13.2. The van der Waals surface area contributed by atoms with Crippen molar-refractivity contribution in [1.82, 2.24) is 15.0 Å². The fraction of sp³-hybridized carbons (Fsp3) is 0.333. The fourth-order valence-corrected chi connectivity index (χ4v) is 3.40. The quantitative estimate of drug-likeness (QED) is 0.707. The van der Waals surface area contributed by atoms with Crippen LogP contribution in [0.5, 0.6) is 0 Å². The summed E-state index contributed by atoms with van der Waals surface area (Å²) in [4.78, 5) is 17.0. The Hall–Kier alpha value is -2.86. The van der Waals surface area contributed by atoms with Crippen LogP contribution < -0.4 is 0 Å². The Balaban J connectivity index is 1.39. The van der Waals surface area contributed by atoms with Crippen molar-refractivity contribution >= 4 is 5.91 Å². The number of furan rings is 1. The zero-order valence-corrected chi connectivity index (χ0v) is 15.4. The van der Waals surface area contributed by atoms with Gasteiger partial charge in [0, 0.05) is 37.8 Å². The topological polar surface area (TPSA) is 62.7 Å². The number of rotatable bonds is 4. The first-order valence-electron chi connectivity index (χ1n) is 9.28. The van der Waals surface area contributed by atoms with Crippen molar-refractivity contribution in [2.45, 2.75) is 19.9 Å². The molecule has 1 aliphatic rings. The number of carbonyl (C=O) groups excluding carboxylic acids is 1. The van der Waals surface area contributed by atoms with Crippen LogP contribution in [-0.4, -0.2) is 47.0 Å². The SMILES string of the molecule is Cc1ccc(CN2CCCN(C(=O)c3cc(-c4ccccc4)on3)CC2)o1. The summed E-state index contributed by atoms with van der Waals surface area (Å²) in [5.41, 5.74) is 1.28. The molecular formula is C21H23N3O3. The molecular weight excluding hydrogens is 342 g/mol. The minimum Gasteiger partial charge on any atom is -0.465 e. The predicted molar refractivity (Wildman–Crippen MR) is 101 cm³/mol. The van der Waals surface area contributed by atoms with Crippen LogP contribution in [0.25, 0.3) is 11.3 Å². The maximum atomic E-state index is 12.8. The molecule has 1 amide bonds. The third kappa shape index (κ3) is 4.11. The van der Waals surface area contributed by atoms with Gasteiger partial charge in [-0.1, -0.05) is 35.5 Å². The molecule has 1 fully saturated rings. The minimum absolute atomic E-state index is 0.0726. The normalized spacial score (nSPS) is 15.7. The van der Waals surface area contributed by atoms with E-state index in [0.717, 1.165) is 49.7 Å². The van der Waals surface area contributed by atoms with Gasteiger partial charge >= 0.3 is 0 Å². The summed E-state index contributed by atoms with van der Waals surface area (Å²) < 4.78 is 11.0. The largest absolute Gasteiger partial charge is 0.465 e. The van der Waals surface area contributed by atoms with E-state index in [1.807, 2.05) is 54.3 Å². The second kappa shape index (κ2) is 7.80. The van der Waals surface area contributed by atoms with Gasteiger partial charge in [-0.05, 0) is 25.5 Å². The fourth-order valence-electron chi connectivity index (χ4n) is 3.40. The summed E-state index contributed by atoms with van der Waals surface area (Å²) in [6, 6.07) is 15.4. The molecule has 2 aromatic heterocycles. The Bertz CT molecular complexity index is 900. The van der Waals surface area contributed by atoms with E-state index in [-0.39, 0.29) is 5.91 Å². The lowest BCUT2D eigenvalue weighted by atomic mass is 10.1. The van der Waals surface area contributed by atoms with E-state index in [4.69, 9.17) is 8.94 Å². The zero-order valence-electron chi connectivity index (χ0n) is 15.4. The van der Waals surface area contributed by atoms with Gasteiger partial charge < -0.3 is 13.8 Å². The molecule has 1 saturated heterocycles. The van der Waals surface area contributed by atoms with Gasteiger partial charge in [0.25, 0.3) is 5.91 Å². The van der Waals surface area contributed by atoms with Crippen LogP contribution in [0, 0.1) is 6.92 Å². The van der Waals surface area contributed by atoms with Gasteiger partial charge in [-0.15, -0.1) is 0 Å². The van der Waals surface area contributed by atoms with E-state index in [2.05, 4.69) is 10.1 Å². The molecule has 6 nitrogen and oxygen atoms in total. The average Bonchev–Trinajstić information content (AvgIpc) is 3.27. The summed E-state index contributed by atoms with van der Waals surface area (Å²) in [7, 11) is 0. The van der Waals surface area contributed by atoms with E-state index < -0.39 is 0 Å². The molecule has 0 bridgehead atoms. The number of aromatic nitrogens is 1. The smallest absolute Gasteiger partial charge is 0.276 e.